The molecule has 0 amide bonds. The van der Waals surface area contributed by atoms with Gasteiger partial charge in [0.25, 0.3) is 0 Å². The lowest BCUT2D eigenvalue weighted by Gasteiger charge is -2.08. The molecule has 1 heteroatoms. The first-order valence-corrected chi connectivity index (χ1v) is 9.07. The van der Waals surface area contributed by atoms with E-state index in [0.29, 0.717) is 0 Å². The highest BCUT2D eigenvalue weighted by Gasteiger charge is 1.92. The van der Waals surface area contributed by atoms with Gasteiger partial charge in [-0.15, -0.1) is 0 Å². The second-order valence-corrected chi connectivity index (χ2v) is 6.39. The lowest BCUT2D eigenvalue weighted by molar-refractivity contribution is 0.389. The molecule has 120 valence electrons. The Hall–Kier alpha value is -0.300. The molecule has 0 radical (unpaired) electrons. The molecule has 0 saturated heterocycles. The molecule has 0 aromatic carbocycles. The Morgan fingerprint density at radius 2 is 1.05 bits per heavy atom. The van der Waals surface area contributed by atoms with Gasteiger partial charge in [0.05, 0.1) is 0 Å². The van der Waals surface area contributed by atoms with Crippen molar-refractivity contribution < 1.29 is 0 Å². The third-order valence-corrected chi connectivity index (χ3v) is 3.87. The first kappa shape index (κ1) is 19.7. The first-order valence-electron chi connectivity index (χ1n) is 9.07. The van der Waals surface area contributed by atoms with Crippen molar-refractivity contribution in [3.63, 3.8) is 0 Å². The molecule has 0 aliphatic heterocycles. The summed E-state index contributed by atoms with van der Waals surface area (Å²) in [6, 6.07) is 0. The Kier molecular flexibility index (Phi) is 16.5. The van der Waals surface area contributed by atoms with Crippen LogP contribution in [0, 0.1) is 0 Å². The molecule has 0 N–H and O–H groups in total. The summed E-state index contributed by atoms with van der Waals surface area (Å²) in [7, 11) is 4.33. The molecule has 0 aliphatic carbocycles. The number of unbranched alkanes of at least 4 members (excludes halogenated alkanes) is 11. The lowest BCUT2D eigenvalue weighted by atomic mass is 10.1. The summed E-state index contributed by atoms with van der Waals surface area (Å²) in [4.78, 5) is 2.28. The van der Waals surface area contributed by atoms with Crippen LogP contribution in [-0.2, 0) is 0 Å². The molecule has 0 unspecified atom stereocenters. The Morgan fingerprint density at radius 3 is 1.55 bits per heavy atom. The van der Waals surface area contributed by atoms with E-state index >= 15 is 0 Å². The zero-order valence-electron chi connectivity index (χ0n) is 14.5. The minimum absolute atomic E-state index is 1.25. The monoisotopic (exact) mass is 281 g/mol. The van der Waals surface area contributed by atoms with Crippen molar-refractivity contribution in [1.82, 2.24) is 4.90 Å². The second-order valence-electron chi connectivity index (χ2n) is 6.39. The van der Waals surface area contributed by atoms with E-state index in [-0.39, 0.29) is 0 Å². The van der Waals surface area contributed by atoms with Crippen LogP contribution in [0.3, 0.4) is 0 Å². The molecule has 0 aromatic rings. The Labute approximate surface area is 128 Å². The highest BCUT2D eigenvalue weighted by Crippen LogP contribution is 2.09. The number of hydrogen-bond acceptors (Lipinski definition) is 1. The lowest BCUT2D eigenvalue weighted by Crippen LogP contribution is -2.12. The van der Waals surface area contributed by atoms with Crippen LogP contribution in [0.1, 0.15) is 90.4 Å². The maximum atomic E-state index is 2.41. The zero-order chi connectivity index (χ0) is 14.9. The maximum absolute atomic E-state index is 2.41. The van der Waals surface area contributed by atoms with E-state index in [4.69, 9.17) is 0 Å². The van der Waals surface area contributed by atoms with Crippen LogP contribution < -0.4 is 0 Å². The van der Waals surface area contributed by atoms with E-state index in [1.165, 1.54) is 90.0 Å². The summed E-state index contributed by atoms with van der Waals surface area (Å²) in [6.07, 6.45) is 22.9. The summed E-state index contributed by atoms with van der Waals surface area (Å²) < 4.78 is 0. The molecular formula is C19H39N. The Morgan fingerprint density at radius 1 is 0.600 bits per heavy atom. The summed E-state index contributed by atoms with van der Waals surface area (Å²) >= 11 is 0. The SMILES string of the molecule is CCCCCCC/C=C\CCCCCCCCN(C)C. The van der Waals surface area contributed by atoms with Crippen LogP contribution in [0.25, 0.3) is 0 Å². The molecule has 0 bridgehead atoms. The van der Waals surface area contributed by atoms with Gasteiger partial charge in [0.15, 0.2) is 0 Å². The summed E-state index contributed by atoms with van der Waals surface area (Å²) in [5, 5.41) is 0. The van der Waals surface area contributed by atoms with Gasteiger partial charge in [0.1, 0.15) is 0 Å². The molecule has 0 aromatic heterocycles. The van der Waals surface area contributed by atoms with Gasteiger partial charge in [-0.05, 0) is 52.7 Å². The first-order chi connectivity index (χ1) is 9.77. The van der Waals surface area contributed by atoms with Gasteiger partial charge in [-0.25, -0.2) is 0 Å². The molecule has 0 saturated carbocycles. The number of rotatable bonds is 15. The molecule has 0 rings (SSSR count). The Balaban J connectivity index is 3.04. The largest absolute Gasteiger partial charge is 0.309 e. The molecule has 0 aliphatic rings. The van der Waals surface area contributed by atoms with Crippen molar-refractivity contribution in [2.45, 2.75) is 90.4 Å². The van der Waals surface area contributed by atoms with E-state index in [0.717, 1.165) is 0 Å². The van der Waals surface area contributed by atoms with E-state index in [9.17, 15) is 0 Å². The predicted octanol–water partition coefficient (Wildman–Crippen LogP) is 6.20. The van der Waals surface area contributed by atoms with Gasteiger partial charge >= 0.3 is 0 Å². The van der Waals surface area contributed by atoms with Crippen molar-refractivity contribution in [2.24, 2.45) is 0 Å². The fourth-order valence-corrected chi connectivity index (χ4v) is 2.50. The normalized spacial score (nSPS) is 11.8. The smallest absolute Gasteiger partial charge is 0.00248 e. The third kappa shape index (κ3) is 17.7. The molecule has 0 spiro atoms. The van der Waals surface area contributed by atoms with Gasteiger partial charge in [-0.1, -0.05) is 70.4 Å². The van der Waals surface area contributed by atoms with Gasteiger partial charge in [0, 0.05) is 0 Å². The second kappa shape index (κ2) is 16.8. The van der Waals surface area contributed by atoms with Crippen molar-refractivity contribution >= 4 is 0 Å². The van der Waals surface area contributed by atoms with E-state index in [2.05, 4.69) is 38.1 Å². The molecule has 0 heterocycles. The molecule has 0 atom stereocenters. The van der Waals surface area contributed by atoms with Crippen molar-refractivity contribution in [3.8, 4) is 0 Å². The predicted molar refractivity (Wildman–Crippen MR) is 93.4 cm³/mol. The van der Waals surface area contributed by atoms with Crippen LogP contribution in [0.4, 0.5) is 0 Å². The number of nitrogens with zero attached hydrogens (tertiary/aromatic N) is 1. The maximum Gasteiger partial charge on any atom is -0.00248 e. The van der Waals surface area contributed by atoms with Crippen molar-refractivity contribution in [3.05, 3.63) is 12.2 Å². The van der Waals surface area contributed by atoms with Gasteiger partial charge < -0.3 is 4.90 Å². The minimum Gasteiger partial charge on any atom is -0.309 e. The molecule has 0 fully saturated rings. The van der Waals surface area contributed by atoms with Crippen molar-refractivity contribution in [1.29, 1.82) is 0 Å². The van der Waals surface area contributed by atoms with Gasteiger partial charge in [-0.3, -0.25) is 0 Å². The fraction of sp³-hybridized carbons (Fsp3) is 0.895. The Bertz CT molecular complexity index is 196. The topological polar surface area (TPSA) is 3.24 Å². The molecule has 20 heavy (non-hydrogen) atoms. The van der Waals surface area contributed by atoms with Crippen LogP contribution in [-0.4, -0.2) is 25.5 Å². The third-order valence-electron chi connectivity index (χ3n) is 3.87. The zero-order valence-corrected chi connectivity index (χ0v) is 14.5. The van der Waals surface area contributed by atoms with E-state index in [1.807, 2.05) is 0 Å². The summed E-state index contributed by atoms with van der Waals surface area (Å²) in [6.45, 7) is 3.53. The molecule has 1 nitrogen and oxygen atoms in total. The average molecular weight is 282 g/mol. The van der Waals surface area contributed by atoms with Crippen molar-refractivity contribution in [2.75, 3.05) is 20.6 Å². The van der Waals surface area contributed by atoms with E-state index < -0.39 is 0 Å². The average Bonchev–Trinajstić information content (AvgIpc) is 2.43. The van der Waals surface area contributed by atoms with E-state index in [1.54, 1.807) is 0 Å². The fourth-order valence-electron chi connectivity index (χ4n) is 2.50. The van der Waals surface area contributed by atoms with Crippen LogP contribution in [0.2, 0.25) is 0 Å². The summed E-state index contributed by atoms with van der Waals surface area (Å²) in [5.74, 6) is 0. The molecular weight excluding hydrogens is 242 g/mol. The number of hydrogen-bond donors (Lipinski definition) is 0. The van der Waals surface area contributed by atoms with Crippen LogP contribution in [0.5, 0.6) is 0 Å². The highest BCUT2D eigenvalue weighted by atomic mass is 15.0. The quantitative estimate of drug-likeness (QED) is 0.255. The summed E-state index contributed by atoms with van der Waals surface area (Å²) in [5.41, 5.74) is 0. The van der Waals surface area contributed by atoms with Crippen LogP contribution in [0.15, 0.2) is 12.2 Å². The van der Waals surface area contributed by atoms with Gasteiger partial charge in [-0.2, -0.15) is 0 Å². The highest BCUT2D eigenvalue weighted by molar-refractivity contribution is 4.81. The van der Waals surface area contributed by atoms with Crippen LogP contribution >= 0.6 is 0 Å². The standard InChI is InChI=1S/C19H39N/c1-4-5-6-7-8-9-10-11-12-13-14-15-16-17-18-19-20(2)3/h10-11H,4-9,12-19H2,1-3H3/b11-10-. The minimum atomic E-state index is 1.25. The number of allylic oxidation sites excluding steroid dienone is 2. The van der Waals surface area contributed by atoms with Gasteiger partial charge in [0.2, 0.25) is 0 Å².